The summed E-state index contributed by atoms with van der Waals surface area (Å²) in [5, 5.41) is 12.0. The molecule has 0 radical (unpaired) electrons. The number of carbonyl (C=O) groups is 1. The summed E-state index contributed by atoms with van der Waals surface area (Å²) in [7, 11) is 1.89. The highest BCUT2D eigenvalue weighted by Gasteiger charge is 2.31. The van der Waals surface area contributed by atoms with Crippen molar-refractivity contribution in [2.45, 2.75) is 30.1 Å². The van der Waals surface area contributed by atoms with Gasteiger partial charge in [-0.25, -0.2) is 4.98 Å². The van der Waals surface area contributed by atoms with E-state index in [0.717, 1.165) is 27.5 Å². The van der Waals surface area contributed by atoms with Crippen LogP contribution < -0.4 is 10.1 Å². The number of fused-ring (bicyclic) bond motifs is 3. The lowest BCUT2D eigenvalue weighted by atomic mass is 10.2. The zero-order valence-corrected chi connectivity index (χ0v) is 19.8. The minimum Gasteiger partial charge on any atom is -0.406 e. The molecule has 7 nitrogen and oxygen atoms in total. The molecular weight excluding hydrogens is 523 g/mol. The van der Waals surface area contributed by atoms with Crippen molar-refractivity contribution in [2.24, 2.45) is 7.05 Å². The summed E-state index contributed by atoms with van der Waals surface area (Å²) in [5.74, 6) is -0.687. The first-order valence-electron chi connectivity index (χ1n) is 9.76. The third-order valence-electron chi connectivity index (χ3n) is 4.81. The van der Waals surface area contributed by atoms with Gasteiger partial charge in [-0.1, -0.05) is 34.6 Å². The molecule has 0 aliphatic rings. The fourth-order valence-corrected chi connectivity index (χ4v) is 4.45. The number of nitrogens with one attached hydrogen (secondary N) is 1. The van der Waals surface area contributed by atoms with Crippen LogP contribution in [0.3, 0.4) is 0 Å². The molecule has 0 bridgehead atoms. The first kappa shape index (κ1) is 23.3. The Kier molecular flexibility index (Phi) is 6.48. The molecule has 1 N–H and O–H groups in total. The van der Waals surface area contributed by atoms with Gasteiger partial charge in [0.25, 0.3) is 0 Å². The highest BCUT2D eigenvalue weighted by molar-refractivity contribution is 9.10. The molecule has 0 fully saturated rings. The number of rotatable bonds is 6. The van der Waals surface area contributed by atoms with Crippen molar-refractivity contribution in [1.82, 2.24) is 19.7 Å². The third-order valence-corrected chi connectivity index (χ3v) is 6.52. The van der Waals surface area contributed by atoms with Crippen LogP contribution in [-0.4, -0.2) is 37.3 Å². The van der Waals surface area contributed by atoms with Crippen molar-refractivity contribution in [2.75, 3.05) is 5.32 Å². The number of hydrogen-bond acceptors (Lipinski definition) is 6. The van der Waals surface area contributed by atoms with Crippen molar-refractivity contribution in [3.8, 4) is 5.75 Å². The van der Waals surface area contributed by atoms with Crippen LogP contribution in [0.15, 0.2) is 52.1 Å². The van der Waals surface area contributed by atoms with Gasteiger partial charge in [0.2, 0.25) is 11.1 Å². The lowest BCUT2D eigenvalue weighted by Gasteiger charge is -2.14. The maximum absolute atomic E-state index is 12.7. The van der Waals surface area contributed by atoms with Gasteiger partial charge in [0.15, 0.2) is 5.65 Å². The number of thioether (sulfide) groups is 1. The van der Waals surface area contributed by atoms with E-state index >= 15 is 0 Å². The van der Waals surface area contributed by atoms with Crippen molar-refractivity contribution < 1.29 is 22.7 Å². The summed E-state index contributed by atoms with van der Waals surface area (Å²) in [6.07, 6.45) is -4.29. The molecule has 0 spiro atoms. The third kappa shape index (κ3) is 5.22. The monoisotopic (exact) mass is 539 g/mol. The largest absolute Gasteiger partial charge is 0.573 e. The van der Waals surface area contributed by atoms with Crippen LogP contribution in [0.4, 0.5) is 18.9 Å². The van der Waals surface area contributed by atoms with E-state index in [0.29, 0.717) is 28.4 Å². The lowest BCUT2D eigenvalue weighted by molar-refractivity contribution is -0.274. The molecule has 4 aromatic rings. The number of amides is 1. The van der Waals surface area contributed by atoms with Crippen LogP contribution in [0.5, 0.6) is 5.75 Å². The summed E-state index contributed by atoms with van der Waals surface area (Å²) < 4.78 is 43.6. The van der Waals surface area contributed by atoms with Crippen LogP contribution in [0, 0.1) is 0 Å². The zero-order chi connectivity index (χ0) is 23.8. The van der Waals surface area contributed by atoms with E-state index in [2.05, 4.69) is 41.2 Å². The second kappa shape index (κ2) is 9.18. The quantitative estimate of drug-likeness (QED) is 0.317. The summed E-state index contributed by atoms with van der Waals surface area (Å²) in [5.41, 5.74) is 2.62. The average molecular weight is 540 g/mol. The number of ether oxygens (including phenoxy) is 1. The lowest BCUT2D eigenvalue weighted by Crippen LogP contribution is -2.25. The Bertz CT molecular complexity index is 1330. The first-order valence-corrected chi connectivity index (χ1v) is 11.4. The van der Waals surface area contributed by atoms with Gasteiger partial charge in [-0.2, -0.15) is 0 Å². The first-order chi connectivity index (χ1) is 15.6. The van der Waals surface area contributed by atoms with Crippen LogP contribution in [0.2, 0.25) is 0 Å². The smallest absolute Gasteiger partial charge is 0.406 e. The van der Waals surface area contributed by atoms with Gasteiger partial charge in [0.1, 0.15) is 11.3 Å². The molecule has 2 aromatic carbocycles. The molecule has 12 heteroatoms. The average Bonchev–Trinajstić information content (AvgIpc) is 3.03. The predicted octanol–water partition coefficient (Wildman–Crippen LogP) is 5.69. The van der Waals surface area contributed by atoms with Crippen molar-refractivity contribution in [1.29, 1.82) is 0 Å². The molecule has 1 atom stereocenters. The van der Waals surface area contributed by atoms with Crippen molar-refractivity contribution in [3.05, 3.63) is 46.9 Å². The molecule has 2 heterocycles. The Morgan fingerprint density at radius 1 is 1.21 bits per heavy atom. The van der Waals surface area contributed by atoms with Gasteiger partial charge in [0, 0.05) is 22.6 Å². The van der Waals surface area contributed by atoms with Gasteiger partial charge in [-0.3, -0.25) is 4.79 Å². The van der Waals surface area contributed by atoms with Crippen molar-refractivity contribution >= 4 is 61.4 Å². The molecule has 4 rings (SSSR count). The highest BCUT2D eigenvalue weighted by Crippen LogP contribution is 2.30. The molecule has 1 amide bonds. The van der Waals surface area contributed by atoms with Gasteiger partial charge in [-0.15, -0.1) is 23.4 Å². The number of hydrogen-bond donors (Lipinski definition) is 1. The van der Waals surface area contributed by atoms with E-state index in [4.69, 9.17) is 0 Å². The topological polar surface area (TPSA) is 81.9 Å². The standard InChI is InChI=1S/C21H17BrF3N5O2S/c1-3-16(19(31)26-12-5-7-13(8-6-12)32-21(23,24)25)33-20-27-18-17(28-29-20)14-10-11(22)4-9-15(14)30(18)2/h4-10,16H,3H2,1-2H3,(H,26,31). The molecule has 33 heavy (non-hydrogen) atoms. The Morgan fingerprint density at radius 2 is 1.94 bits per heavy atom. The Morgan fingerprint density at radius 3 is 2.61 bits per heavy atom. The summed E-state index contributed by atoms with van der Waals surface area (Å²) in [4.78, 5) is 17.3. The van der Waals surface area contributed by atoms with Gasteiger partial charge in [0.05, 0.1) is 10.8 Å². The molecule has 172 valence electrons. The minimum atomic E-state index is -4.77. The summed E-state index contributed by atoms with van der Waals surface area (Å²) in [6, 6.07) is 10.8. The highest BCUT2D eigenvalue weighted by atomic mass is 79.9. The molecule has 0 saturated carbocycles. The number of anilines is 1. The fraction of sp³-hybridized carbons (Fsp3) is 0.238. The van der Waals surface area contributed by atoms with E-state index < -0.39 is 11.6 Å². The van der Waals surface area contributed by atoms with E-state index in [9.17, 15) is 18.0 Å². The molecule has 2 aromatic heterocycles. The number of aryl methyl sites for hydroxylation is 1. The Labute approximate surface area is 198 Å². The van der Waals surface area contributed by atoms with E-state index in [-0.39, 0.29) is 11.7 Å². The number of alkyl halides is 3. The van der Waals surface area contributed by atoms with Crippen LogP contribution in [-0.2, 0) is 11.8 Å². The van der Waals surface area contributed by atoms with E-state index in [1.54, 1.807) is 0 Å². The maximum atomic E-state index is 12.7. The second-order valence-corrected chi connectivity index (χ2v) is 9.15. The summed E-state index contributed by atoms with van der Waals surface area (Å²) >= 11 is 4.63. The number of aromatic nitrogens is 4. The minimum absolute atomic E-state index is 0.323. The Hall–Kier alpha value is -2.86. The molecule has 0 saturated heterocycles. The summed E-state index contributed by atoms with van der Waals surface area (Å²) in [6.45, 7) is 1.85. The normalized spacial score (nSPS) is 12.8. The molecular formula is C21H17BrF3N5O2S. The predicted molar refractivity (Wildman–Crippen MR) is 123 cm³/mol. The molecule has 0 aliphatic heterocycles. The van der Waals surface area contributed by atoms with Gasteiger partial charge in [-0.05, 0) is 48.9 Å². The SMILES string of the molecule is CCC(Sc1nnc2c3cc(Br)ccc3n(C)c2n1)C(=O)Nc1ccc(OC(F)(F)F)cc1. The van der Waals surface area contributed by atoms with Crippen LogP contribution >= 0.6 is 27.7 Å². The number of carbonyl (C=O) groups excluding carboxylic acids is 1. The van der Waals surface area contributed by atoms with Gasteiger partial charge < -0.3 is 14.6 Å². The fourth-order valence-electron chi connectivity index (χ4n) is 3.28. The van der Waals surface area contributed by atoms with Crippen molar-refractivity contribution in [3.63, 3.8) is 0 Å². The number of halogens is 4. The molecule has 0 aliphatic carbocycles. The van der Waals surface area contributed by atoms with E-state index in [1.165, 1.54) is 23.9 Å². The Balaban J connectivity index is 1.50. The number of benzene rings is 2. The van der Waals surface area contributed by atoms with E-state index in [1.807, 2.05) is 36.7 Å². The second-order valence-electron chi connectivity index (χ2n) is 7.06. The van der Waals surface area contributed by atoms with Crippen LogP contribution in [0.1, 0.15) is 13.3 Å². The number of nitrogens with zero attached hydrogens (tertiary/aromatic N) is 4. The van der Waals surface area contributed by atoms with Gasteiger partial charge >= 0.3 is 6.36 Å². The zero-order valence-electron chi connectivity index (χ0n) is 17.4. The maximum Gasteiger partial charge on any atom is 0.573 e. The molecule has 1 unspecified atom stereocenters. The van der Waals surface area contributed by atoms with Crippen LogP contribution in [0.25, 0.3) is 22.1 Å².